The van der Waals surface area contributed by atoms with Gasteiger partial charge in [-0.25, -0.2) is 4.39 Å². The second kappa shape index (κ2) is 16.4. The van der Waals surface area contributed by atoms with Gasteiger partial charge in [-0.3, -0.25) is 23.9 Å². The van der Waals surface area contributed by atoms with Crippen LogP contribution < -0.4 is 16.0 Å². The number of nitrogens with one attached hydrogen (secondary N) is 3. The molecule has 3 atom stereocenters. The van der Waals surface area contributed by atoms with Gasteiger partial charge in [0.05, 0.1) is 17.4 Å². The molecule has 1 aromatic carbocycles. The van der Waals surface area contributed by atoms with E-state index in [1.807, 2.05) is 7.05 Å². The van der Waals surface area contributed by atoms with Crippen LogP contribution in [0.3, 0.4) is 0 Å². The number of piperazine rings is 1. The second-order valence-electron chi connectivity index (χ2n) is 12.9. The Morgan fingerprint density at radius 1 is 1.00 bits per heavy atom. The number of aromatic nitrogens is 2. The number of nitrogens with zero attached hydrogens (tertiary/aromatic N) is 4. The summed E-state index contributed by atoms with van der Waals surface area (Å²) >= 11 is 0. The van der Waals surface area contributed by atoms with Crippen molar-refractivity contribution in [1.82, 2.24) is 30.2 Å². The monoisotopic (exact) mass is 675 g/mol. The molecule has 2 aromatic rings. The van der Waals surface area contributed by atoms with E-state index < -0.39 is 53.0 Å². The predicted octanol–water partition coefficient (Wildman–Crippen LogP) is 4.00. The lowest BCUT2D eigenvalue weighted by atomic mass is 9.90. The van der Waals surface area contributed by atoms with Gasteiger partial charge in [0, 0.05) is 51.3 Å². The van der Waals surface area contributed by atoms with Crippen LogP contribution in [0, 0.1) is 11.7 Å². The van der Waals surface area contributed by atoms with Crippen LogP contribution in [0.15, 0.2) is 30.6 Å². The number of carbonyl (C=O) groups is 4. The molecule has 2 heterocycles. The van der Waals surface area contributed by atoms with Gasteiger partial charge in [-0.1, -0.05) is 45.6 Å². The zero-order chi connectivity index (χ0) is 35.0. The first-order chi connectivity index (χ1) is 22.8. The number of hydrogen-bond donors (Lipinski definition) is 3. The van der Waals surface area contributed by atoms with Crippen molar-refractivity contribution < 1.29 is 32.3 Å². The highest BCUT2D eigenvalue weighted by molar-refractivity contribution is 5.98. The van der Waals surface area contributed by atoms with Gasteiger partial charge in [-0.2, -0.15) is 13.9 Å². The third kappa shape index (κ3) is 8.94. The molecule has 0 bridgehead atoms. The number of carbonyl (C=O) groups excluding carboxylic acids is 4. The molecule has 2 aliphatic rings. The number of aryl methyl sites for hydroxylation is 1. The zero-order valence-corrected chi connectivity index (χ0v) is 28.2. The fraction of sp³-hybridized carbons (Fsp3) is 0.618. The maximum absolute atomic E-state index is 15.6. The van der Waals surface area contributed by atoms with Crippen LogP contribution in [-0.2, 0) is 31.6 Å². The van der Waals surface area contributed by atoms with Crippen LogP contribution in [0.5, 0.6) is 0 Å². The number of rotatable bonds is 12. The van der Waals surface area contributed by atoms with Crippen molar-refractivity contribution in [2.75, 3.05) is 38.5 Å². The molecular formula is C34H48F3N7O4. The Bertz CT molecular complexity index is 1440. The van der Waals surface area contributed by atoms with Gasteiger partial charge in [-0.15, -0.1) is 0 Å². The lowest BCUT2D eigenvalue weighted by Gasteiger charge is -2.36. The van der Waals surface area contributed by atoms with E-state index in [9.17, 15) is 19.2 Å². The minimum absolute atomic E-state index is 0.172. The summed E-state index contributed by atoms with van der Waals surface area (Å²) in [5, 5.41) is 11.4. The van der Waals surface area contributed by atoms with E-state index >= 15 is 13.2 Å². The van der Waals surface area contributed by atoms with E-state index in [0.717, 1.165) is 38.1 Å². The van der Waals surface area contributed by atoms with E-state index in [-0.39, 0.29) is 23.9 Å². The Labute approximate surface area is 280 Å². The largest absolute Gasteiger partial charge is 0.352 e. The summed E-state index contributed by atoms with van der Waals surface area (Å²) in [6, 6.07) is 1.85. The standard InChI is InChI=1S/C34H48F3N7O4/c1-5-28(45)40-29(32(47)43-17-15-42(4)16-18-43)22(3)24-13-14-27(26(35)19-24)39-31(46)30(23-11-9-7-8-10-12-23)41-33(48)34(36,37)25-20-38-44(6-2)21-25/h13-14,19-23,29-30H,5-12,15-18H2,1-4H3,(H,39,46)(H,40,45)(H,41,48)/t22-,29+,30-/m0/s1. The number of halogens is 3. The van der Waals surface area contributed by atoms with Crippen molar-refractivity contribution in [1.29, 1.82) is 0 Å². The molecule has 1 saturated heterocycles. The van der Waals surface area contributed by atoms with Crippen LogP contribution in [-0.4, -0.2) is 88.5 Å². The number of benzene rings is 1. The maximum atomic E-state index is 15.6. The summed E-state index contributed by atoms with van der Waals surface area (Å²) in [7, 11) is 1.97. The third-order valence-electron chi connectivity index (χ3n) is 9.54. The molecule has 14 heteroatoms. The van der Waals surface area contributed by atoms with E-state index in [4.69, 9.17) is 0 Å². The van der Waals surface area contributed by atoms with Gasteiger partial charge < -0.3 is 25.8 Å². The third-order valence-corrected chi connectivity index (χ3v) is 9.54. The molecule has 264 valence electrons. The molecule has 1 aliphatic carbocycles. The van der Waals surface area contributed by atoms with E-state index in [2.05, 4.69) is 25.9 Å². The molecule has 0 spiro atoms. The fourth-order valence-electron chi connectivity index (χ4n) is 6.32. The molecule has 4 rings (SSSR count). The van der Waals surface area contributed by atoms with Gasteiger partial charge in [0.25, 0.3) is 5.91 Å². The first-order valence-corrected chi connectivity index (χ1v) is 16.9. The Morgan fingerprint density at radius 3 is 2.25 bits per heavy atom. The summed E-state index contributed by atoms with van der Waals surface area (Å²) < 4.78 is 47.4. The second-order valence-corrected chi connectivity index (χ2v) is 12.9. The smallest absolute Gasteiger partial charge is 0.344 e. The van der Waals surface area contributed by atoms with Crippen molar-refractivity contribution >= 4 is 29.3 Å². The molecule has 3 N–H and O–H groups in total. The Hall–Kier alpha value is -3.94. The molecule has 1 saturated carbocycles. The lowest BCUT2D eigenvalue weighted by molar-refractivity contribution is -0.149. The molecule has 0 radical (unpaired) electrons. The first kappa shape index (κ1) is 36.9. The van der Waals surface area contributed by atoms with Crippen LogP contribution in [0.4, 0.5) is 18.9 Å². The molecular weight excluding hydrogens is 627 g/mol. The highest BCUT2D eigenvalue weighted by atomic mass is 19.3. The highest BCUT2D eigenvalue weighted by Gasteiger charge is 2.45. The normalized spacial score (nSPS) is 18.4. The summed E-state index contributed by atoms with van der Waals surface area (Å²) in [4.78, 5) is 56.4. The number of amides is 4. The van der Waals surface area contributed by atoms with Crippen molar-refractivity contribution in [3.63, 3.8) is 0 Å². The molecule has 11 nitrogen and oxygen atoms in total. The van der Waals surface area contributed by atoms with Crippen molar-refractivity contribution in [3.05, 3.63) is 47.5 Å². The topological polar surface area (TPSA) is 129 Å². The summed E-state index contributed by atoms with van der Waals surface area (Å²) in [6.07, 6.45) is 6.68. The quantitative estimate of drug-likeness (QED) is 0.292. The van der Waals surface area contributed by atoms with Gasteiger partial charge in [-0.05, 0) is 50.4 Å². The van der Waals surface area contributed by atoms with Gasteiger partial charge in [0.2, 0.25) is 17.7 Å². The zero-order valence-electron chi connectivity index (χ0n) is 28.2. The summed E-state index contributed by atoms with van der Waals surface area (Å²) in [5.74, 6) is -8.76. The predicted molar refractivity (Wildman–Crippen MR) is 175 cm³/mol. The molecule has 4 amide bonds. The van der Waals surface area contributed by atoms with Crippen LogP contribution in [0.25, 0.3) is 0 Å². The Balaban J connectivity index is 1.53. The Morgan fingerprint density at radius 2 is 1.67 bits per heavy atom. The van der Waals surface area contributed by atoms with E-state index in [1.54, 1.807) is 31.7 Å². The number of hydrogen-bond acceptors (Lipinski definition) is 6. The number of alkyl halides is 2. The number of anilines is 1. The molecule has 0 unspecified atom stereocenters. The highest BCUT2D eigenvalue weighted by Crippen LogP contribution is 2.32. The molecule has 1 aromatic heterocycles. The van der Waals surface area contributed by atoms with Gasteiger partial charge in [0.1, 0.15) is 17.9 Å². The SMILES string of the molecule is CCC(=O)N[C@@H](C(=O)N1CCN(C)CC1)[C@@H](C)c1ccc(NC(=O)[C@@H](NC(=O)C(F)(F)c2cnn(CC)c2)C2CCCCCC2)c(F)c1. The van der Waals surface area contributed by atoms with Gasteiger partial charge >= 0.3 is 5.92 Å². The van der Waals surface area contributed by atoms with Crippen molar-refractivity contribution in [2.24, 2.45) is 5.92 Å². The van der Waals surface area contributed by atoms with Crippen LogP contribution in [0.1, 0.15) is 82.8 Å². The van der Waals surface area contributed by atoms with E-state index in [1.165, 1.54) is 16.8 Å². The summed E-state index contributed by atoms with van der Waals surface area (Å²) in [6.45, 7) is 7.88. The van der Waals surface area contributed by atoms with Crippen LogP contribution in [0.2, 0.25) is 0 Å². The summed E-state index contributed by atoms with van der Waals surface area (Å²) in [5.41, 5.74) is -0.355. The number of likely N-dealkylation sites (N-methyl/N-ethyl adjacent to an activating group) is 1. The maximum Gasteiger partial charge on any atom is 0.352 e. The average molecular weight is 676 g/mol. The molecule has 1 aliphatic heterocycles. The molecule has 2 fully saturated rings. The Kier molecular flexibility index (Phi) is 12.6. The first-order valence-electron chi connectivity index (χ1n) is 16.9. The lowest BCUT2D eigenvalue weighted by Crippen LogP contribution is -2.55. The average Bonchev–Trinajstić information content (AvgIpc) is 3.42. The molecule has 48 heavy (non-hydrogen) atoms. The fourth-order valence-corrected chi connectivity index (χ4v) is 6.32. The minimum atomic E-state index is -3.94. The minimum Gasteiger partial charge on any atom is -0.344 e. The van der Waals surface area contributed by atoms with Crippen molar-refractivity contribution in [2.45, 2.75) is 96.2 Å². The van der Waals surface area contributed by atoms with Gasteiger partial charge in [0.15, 0.2) is 0 Å². The van der Waals surface area contributed by atoms with Crippen molar-refractivity contribution in [3.8, 4) is 0 Å². The van der Waals surface area contributed by atoms with E-state index in [0.29, 0.717) is 51.1 Å². The van der Waals surface area contributed by atoms with Crippen LogP contribution >= 0.6 is 0 Å².